The lowest BCUT2D eigenvalue weighted by atomic mass is 9.72. The van der Waals surface area contributed by atoms with Crippen LogP contribution in [0.2, 0.25) is 4.34 Å². The molecule has 4 nitrogen and oxygen atoms in total. The highest BCUT2D eigenvalue weighted by atomic mass is 35.5. The number of Topliss-reactive ketones (excluding diaryl/α,β-unsaturated/α-hetero) is 2. The van der Waals surface area contributed by atoms with Gasteiger partial charge in [0.15, 0.2) is 6.61 Å². The first-order valence-corrected chi connectivity index (χ1v) is 10.9. The van der Waals surface area contributed by atoms with Crippen LogP contribution in [0.3, 0.4) is 0 Å². The number of halogens is 1. The zero-order valence-electron chi connectivity index (χ0n) is 14.2. The fraction of sp³-hybridized carbons (Fsp3) is 0.611. The van der Waals surface area contributed by atoms with Crippen molar-refractivity contribution in [3.05, 3.63) is 21.3 Å². The maximum absolute atomic E-state index is 12.6. The largest absolute Gasteiger partial charge is 0.390 e. The minimum atomic E-state index is -0.723. The summed E-state index contributed by atoms with van der Waals surface area (Å²) in [5.41, 5.74) is 0.467. The van der Waals surface area contributed by atoms with Gasteiger partial charge in [-0.3, -0.25) is 9.59 Å². The monoisotopic (exact) mass is 399 g/mol. The molecule has 136 valence electrons. The van der Waals surface area contributed by atoms with E-state index in [0.29, 0.717) is 35.4 Å². The van der Waals surface area contributed by atoms with Gasteiger partial charge in [0.25, 0.3) is 0 Å². The van der Waals surface area contributed by atoms with E-state index in [1.807, 2.05) is 17.8 Å². The molecule has 0 amide bonds. The van der Waals surface area contributed by atoms with Crippen molar-refractivity contribution in [2.75, 3.05) is 11.5 Å². The molecule has 1 atom stereocenters. The van der Waals surface area contributed by atoms with Crippen molar-refractivity contribution >= 4 is 52.0 Å². The highest BCUT2D eigenvalue weighted by molar-refractivity contribution is 7.99. The SMILES string of the molecule is C/C(=N/OCc1ccc(Cl)s1)C1C(=O)CC(C2CCCSC2)CC1=O. The van der Waals surface area contributed by atoms with Crippen LogP contribution in [0.1, 0.15) is 37.5 Å². The maximum Gasteiger partial charge on any atom is 0.151 e. The van der Waals surface area contributed by atoms with Gasteiger partial charge in [0, 0.05) is 17.7 Å². The van der Waals surface area contributed by atoms with E-state index < -0.39 is 5.92 Å². The zero-order chi connectivity index (χ0) is 17.8. The lowest BCUT2D eigenvalue weighted by molar-refractivity contribution is -0.135. The number of rotatable bonds is 5. The molecular formula is C18H22ClNO3S2. The standard InChI is InChI=1S/C18H22ClNO3S2/c1-11(20-23-9-14-4-5-17(19)25-14)18-15(21)7-13(8-16(18)22)12-3-2-6-24-10-12/h4-5,12-13,18H,2-3,6-10H2,1H3/b20-11-. The maximum atomic E-state index is 12.6. The minimum Gasteiger partial charge on any atom is -0.390 e. The Morgan fingerprint density at radius 1 is 1.28 bits per heavy atom. The summed E-state index contributed by atoms with van der Waals surface area (Å²) in [4.78, 5) is 31.4. The number of carbonyl (C=O) groups is 2. The van der Waals surface area contributed by atoms with E-state index in [4.69, 9.17) is 16.4 Å². The van der Waals surface area contributed by atoms with Crippen molar-refractivity contribution in [2.45, 2.75) is 39.2 Å². The van der Waals surface area contributed by atoms with E-state index in [0.717, 1.165) is 17.1 Å². The molecule has 0 N–H and O–H groups in total. The number of nitrogens with zero attached hydrogens (tertiary/aromatic N) is 1. The van der Waals surface area contributed by atoms with Crippen molar-refractivity contribution < 1.29 is 14.4 Å². The second kappa shape index (κ2) is 8.69. The van der Waals surface area contributed by atoms with Gasteiger partial charge in [-0.25, -0.2) is 0 Å². The Bertz CT molecular complexity index is 649. The molecule has 1 aliphatic heterocycles. The van der Waals surface area contributed by atoms with Crippen LogP contribution in [0.5, 0.6) is 0 Å². The van der Waals surface area contributed by atoms with Crippen LogP contribution in [-0.4, -0.2) is 28.8 Å². The summed E-state index contributed by atoms with van der Waals surface area (Å²) < 4.78 is 0.698. The highest BCUT2D eigenvalue weighted by Crippen LogP contribution is 2.36. The van der Waals surface area contributed by atoms with Crippen LogP contribution in [0.15, 0.2) is 17.3 Å². The number of hydrogen-bond donors (Lipinski definition) is 0. The Morgan fingerprint density at radius 3 is 2.64 bits per heavy atom. The van der Waals surface area contributed by atoms with Crippen LogP contribution >= 0.6 is 34.7 Å². The lowest BCUT2D eigenvalue weighted by Crippen LogP contribution is -2.40. The van der Waals surface area contributed by atoms with Gasteiger partial charge in [-0.1, -0.05) is 16.8 Å². The second-order valence-electron chi connectivity index (χ2n) is 6.72. The average Bonchev–Trinajstić information content (AvgIpc) is 3.00. The van der Waals surface area contributed by atoms with Gasteiger partial charge < -0.3 is 4.84 Å². The van der Waals surface area contributed by atoms with Crippen LogP contribution in [0.25, 0.3) is 0 Å². The third kappa shape index (κ3) is 4.86. The van der Waals surface area contributed by atoms with Crippen LogP contribution < -0.4 is 0 Å². The van der Waals surface area contributed by atoms with Gasteiger partial charge in [-0.15, -0.1) is 11.3 Å². The number of oxime groups is 1. The fourth-order valence-corrected chi connectivity index (χ4v) is 5.89. The van der Waals surface area contributed by atoms with E-state index in [2.05, 4.69) is 5.16 Å². The zero-order valence-corrected chi connectivity index (χ0v) is 16.6. The first kappa shape index (κ1) is 18.9. The van der Waals surface area contributed by atoms with Gasteiger partial charge in [-0.2, -0.15) is 11.8 Å². The summed E-state index contributed by atoms with van der Waals surface area (Å²) in [5, 5.41) is 4.03. The normalized spacial score (nSPS) is 28.2. The molecule has 7 heteroatoms. The molecule has 3 rings (SSSR count). The molecule has 2 aliphatic rings. The lowest BCUT2D eigenvalue weighted by Gasteiger charge is -2.33. The molecule has 25 heavy (non-hydrogen) atoms. The van der Waals surface area contributed by atoms with Gasteiger partial charge in [0.2, 0.25) is 0 Å². The van der Waals surface area contributed by atoms with Gasteiger partial charge in [0.1, 0.15) is 17.5 Å². The summed E-state index contributed by atoms with van der Waals surface area (Å²) in [5.74, 6) is 2.28. The summed E-state index contributed by atoms with van der Waals surface area (Å²) in [7, 11) is 0. The summed E-state index contributed by atoms with van der Waals surface area (Å²) >= 11 is 9.25. The quantitative estimate of drug-likeness (QED) is 0.412. The summed E-state index contributed by atoms with van der Waals surface area (Å²) in [6.45, 7) is 2.00. The molecule has 1 aromatic rings. The Morgan fingerprint density at radius 2 is 2.04 bits per heavy atom. The Balaban J connectivity index is 1.57. The van der Waals surface area contributed by atoms with Gasteiger partial charge in [0.05, 0.1) is 10.0 Å². The molecular weight excluding hydrogens is 378 g/mol. The van der Waals surface area contributed by atoms with E-state index in [-0.39, 0.29) is 17.5 Å². The van der Waals surface area contributed by atoms with Crippen molar-refractivity contribution in [1.29, 1.82) is 0 Å². The third-order valence-electron chi connectivity index (χ3n) is 4.89. The topological polar surface area (TPSA) is 55.7 Å². The molecule has 1 saturated carbocycles. The molecule has 0 radical (unpaired) electrons. The number of hydrogen-bond acceptors (Lipinski definition) is 6. The summed E-state index contributed by atoms with van der Waals surface area (Å²) in [6.07, 6.45) is 3.32. The molecule has 1 saturated heterocycles. The average molecular weight is 400 g/mol. The Labute approximate surface area is 161 Å². The van der Waals surface area contributed by atoms with E-state index in [1.54, 1.807) is 13.0 Å². The molecule has 1 aromatic heterocycles. The number of carbonyl (C=O) groups excluding carboxylic acids is 2. The van der Waals surface area contributed by atoms with Crippen molar-refractivity contribution in [3.8, 4) is 0 Å². The first-order valence-electron chi connectivity index (χ1n) is 8.58. The Kier molecular flexibility index (Phi) is 6.58. The van der Waals surface area contributed by atoms with Crippen LogP contribution in [0, 0.1) is 17.8 Å². The molecule has 0 bridgehead atoms. The number of thioether (sulfide) groups is 1. The molecule has 2 fully saturated rings. The van der Waals surface area contributed by atoms with Crippen molar-refractivity contribution in [1.82, 2.24) is 0 Å². The highest BCUT2D eigenvalue weighted by Gasteiger charge is 2.40. The van der Waals surface area contributed by atoms with E-state index in [9.17, 15) is 9.59 Å². The van der Waals surface area contributed by atoms with Crippen LogP contribution in [0.4, 0.5) is 0 Å². The van der Waals surface area contributed by atoms with E-state index in [1.165, 1.54) is 23.5 Å². The molecule has 0 aromatic carbocycles. The van der Waals surface area contributed by atoms with Gasteiger partial charge >= 0.3 is 0 Å². The van der Waals surface area contributed by atoms with E-state index >= 15 is 0 Å². The molecule has 1 unspecified atom stereocenters. The Hall–Kier alpha value is -0.850. The van der Waals surface area contributed by atoms with Crippen molar-refractivity contribution in [2.24, 2.45) is 22.9 Å². The second-order valence-corrected chi connectivity index (χ2v) is 9.67. The molecule has 1 aliphatic carbocycles. The van der Waals surface area contributed by atoms with Crippen molar-refractivity contribution in [3.63, 3.8) is 0 Å². The molecule has 0 spiro atoms. The number of ketones is 2. The van der Waals surface area contributed by atoms with Gasteiger partial charge in [-0.05, 0) is 55.2 Å². The third-order valence-corrected chi connectivity index (χ3v) is 7.34. The smallest absolute Gasteiger partial charge is 0.151 e. The first-order chi connectivity index (χ1) is 12.0. The predicted molar refractivity (Wildman–Crippen MR) is 104 cm³/mol. The number of thiophene rings is 1. The van der Waals surface area contributed by atoms with Crippen LogP contribution in [-0.2, 0) is 21.0 Å². The minimum absolute atomic E-state index is 0.000779. The molecule has 2 heterocycles. The predicted octanol–water partition coefficient (Wildman–Crippen LogP) is 4.60. The fourth-order valence-electron chi connectivity index (χ4n) is 3.62. The summed E-state index contributed by atoms with van der Waals surface area (Å²) in [6, 6.07) is 3.68.